The van der Waals surface area contributed by atoms with Gasteiger partial charge in [-0.2, -0.15) is 0 Å². The lowest BCUT2D eigenvalue weighted by Crippen LogP contribution is -2.41. The highest BCUT2D eigenvalue weighted by molar-refractivity contribution is 6.06. The van der Waals surface area contributed by atoms with Gasteiger partial charge >= 0.3 is 0 Å². The Morgan fingerprint density at radius 3 is 2.76 bits per heavy atom. The number of likely N-dealkylation sites (N-methyl/N-ethyl adjacent to an activating group) is 1. The Labute approximate surface area is 149 Å². The number of hydrogen-bond donors (Lipinski definition) is 1. The van der Waals surface area contributed by atoms with Crippen molar-refractivity contribution in [3.05, 3.63) is 35.0 Å². The van der Waals surface area contributed by atoms with Gasteiger partial charge in [-0.3, -0.25) is 4.79 Å². The Morgan fingerprint density at radius 1 is 1.28 bits per heavy atom. The Kier molecular flexibility index (Phi) is 5.45. The summed E-state index contributed by atoms with van der Waals surface area (Å²) >= 11 is 0. The Morgan fingerprint density at radius 2 is 2.08 bits per heavy atom. The SMILES string of the molecule is Cc1[nH]c2c(C(=O)N(CCN(C)C)C[C@@H]3CCCO3)cccc2c1C. The molecule has 5 nitrogen and oxygen atoms in total. The van der Waals surface area contributed by atoms with Crippen LogP contribution in [0.3, 0.4) is 0 Å². The van der Waals surface area contributed by atoms with E-state index in [0.29, 0.717) is 13.1 Å². The number of fused-ring (bicyclic) bond motifs is 1. The predicted octanol–water partition coefficient (Wildman–Crippen LogP) is 2.97. The maximum absolute atomic E-state index is 13.3. The smallest absolute Gasteiger partial charge is 0.256 e. The molecule has 0 bridgehead atoms. The Balaban J connectivity index is 1.89. The van der Waals surface area contributed by atoms with Gasteiger partial charge in [0.25, 0.3) is 5.91 Å². The van der Waals surface area contributed by atoms with Gasteiger partial charge in [-0.05, 0) is 52.4 Å². The molecule has 0 unspecified atom stereocenters. The molecule has 1 aliphatic rings. The minimum Gasteiger partial charge on any atom is -0.376 e. The first-order chi connectivity index (χ1) is 12.0. The first-order valence-electron chi connectivity index (χ1n) is 9.11. The van der Waals surface area contributed by atoms with Crippen molar-refractivity contribution < 1.29 is 9.53 Å². The highest BCUT2D eigenvalue weighted by atomic mass is 16.5. The van der Waals surface area contributed by atoms with E-state index < -0.39 is 0 Å². The van der Waals surface area contributed by atoms with Gasteiger partial charge in [0.1, 0.15) is 0 Å². The Bertz CT molecular complexity index is 745. The molecular formula is C20H29N3O2. The Hall–Kier alpha value is -1.85. The van der Waals surface area contributed by atoms with Crippen molar-refractivity contribution in [1.29, 1.82) is 0 Å². The normalized spacial score (nSPS) is 17.6. The molecule has 0 spiro atoms. The average Bonchev–Trinajstić information content (AvgIpc) is 3.19. The zero-order valence-electron chi connectivity index (χ0n) is 15.8. The summed E-state index contributed by atoms with van der Waals surface area (Å²) in [4.78, 5) is 20.8. The second kappa shape index (κ2) is 7.58. The fourth-order valence-electron chi connectivity index (χ4n) is 3.46. The number of aromatic amines is 1. The van der Waals surface area contributed by atoms with Gasteiger partial charge in [0, 0.05) is 37.3 Å². The van der Waals surface area contributed by atoms with Crippen LogP contribution >= 0.6 is 0 Å². The topological polar surface area (TPSA) is 48.6 Å². The molecule has 1 amide bonds. The van der Waals surface area contributed by atoms with E-state index in [4.69, 9.17) is 4.74 Å². The molecule has 1 aliphatic heterocycles. The molecule has 2 aromatic rings. The number of rotatable bonds is 6. The quantitative estimate of drug-likeness (QED) is 0.877. The maximum atomic E-state index is 13.3. The van der Waals surface area contributed by atoms with Crippen LogP contribution in [0, 0.1) is 13.8 Å². The molecule has 1 fully saturated rings. The van der Waals surface area contributed by atoms with Crippen LogP contribution in [0.5, 0.6) is 0 Å². The van der Waals surface area contributed by atoms with E-state index in [9.17, 15) is 4.79 Å². The van der Waals surface area contributed by atoms with Gasteiger partial charge in [-0.15, -0.1) is 0 Å². The van der Waals surface area contributed by atoms with E-state index in [1.54, 1.807) is 0 Å². The summed E-state index contributed by atoms with van der Waals surface area (Å²) in [6, 6.07) is 5.99. The highest BCUT2D eigenvalue weighted by Crippen LogP contribution is 2.25. The van der Waals surface area contributed by atoms with E-state index >= 15 is 0 Å². The molecule has 1 saturated heterocycles. The van der Waals surface area contributed by atoms with E-state index in [2.05, 4.69) is 29.8 Å². The number of ether oxygens (including phenoxy) is 1. The zero-order valence-corrected chi connectivity index (χ0v) is 15.8. The van der Waals surface area contributed by atoms with Crippen molar-refractivity contribution in [2.45, 2.75) is 32.8 Å². The molecule has 1 aromatic carbocycles. The van der Waals surface area contributed by atoms with Crippen molar-refractivity contribution in [2.24, 2.45) is 0 Å². The second-order valence-corrected chi connectivity index (χ2v) is 7.29. The van der Waals surface area contributed by atoms with Crippen LogP contribution in [-0.4, -0.2) is 67.1 Å². The number of carbonyl (C=O) groups is 1. The third-order valence-corrected chi connectivity index (χ3v) is 5.13. The summed E-state index contributed by atoms with van der Waals surface area (Å²) in [5.41, 5.74) is 4.04. The number of nitrogens with zero attached hydrogens (tertiary/aromatic N) is 2. The number of para-hydroxylation sites is 1. The largest absolute Gasteiger partial charge is 0.376 e. The van der Waals surface area contributed by atoms with E-state index in [0.717, 1.165) is 48.2 Å². The maximum Gasteiger partial charge on any atom is 0.256 e. The molecule has 25 heavy (non-hydrogen) atoms. The zero-order chi connectivity index (χ0) is 18.0. The fraction of sp³-hybridized carbons (Fsp3) is 0.550. The van der Waals surface area contributed by atoms with Crippen LogP contribution in [0.2, 0.25) is 0 Å². The van der Waals surface area contributed by atoms with Crippen molar-refractivity contribution in [2.75, 3.05) is 40.3 Å². The summed E-state index contributed by atoms with van der Waals surface area (Å²) < 4.78 is 5.77. The van der Waals surface area contributed by atoms with Crippen LogP contribution in [0.15, 0.2) is 18.2 Å². The summed E-state index contributed by atoms with van der Waals surface area (Å²) in [5, 5.41) is 1.13. The van der Waals surface area contributed by atoms with Crippen LogP contribution in [-0.2, 0) is 4.74 Å². The first kappa shape index (κ1) is 18.0. The number of carbonyl (C=O) groups excluding carboxylic acids is 1. The monoisotopic (exact) mass is 343 g/mol. The van der Waals surface area contributed by atoms with Gasteiger partial charge in [0.05, 0.1) is 17.2 Å². The molecule has 3 rings (SSSR count). The van der Waals surface area contributed by atoms with Gasteiger partial charge in [0.15, 0.2) is 0 Å². The number of benzene rings is 1. The van der Waals surface area contributed by atoms with Crippen LogP contribution in [0.1, 0.15) is 34.5 Å². The minimum absolute atomic E-state index is 0.0872. The van der Waals surface area contributed by atoms with Crippen LogP contribution in [0.25, 0.3) is 10.9 Å². The van der Waals surface area contributed by atoms with Gasteiger partial charge in [-0.1, -0.05) is 12.1 Å². The van der Waals surface area contributed by atoms with Crippen molar-refractivity contribution in [1.82, 2.24) is 14.8 Å². The summed E-state index contributed by atoms with van der Waals surface area (Å²) in [5.74, 6) is 0.0872. The first-order valence-corrected chi connectivity index (χ1v) is 9.11. The lowest BCUT2D eigenvalue weighted by Gasteiger charge is -2.27. The fourth-order valence-corrected chi connectivity index (χ4v) is 3.46. The number of aromatic nitrogens is 1. The van der Waals surface area contributed by atoms with Gasteiger partial charge < -0.3 is 19.5 Å². The molecule has 5 heteroatoms. The van der Waals surface area contributed by atoms with E-state index in [-0.39, 0.29) is 12.0 Å². The summed E-state index contributed by atoms with van der Waals surface area (Å²) in [7, 11) is 4.07. The van der Waals surface area contributed by atoms with E-state index in [1.165, 1.54) is 5.56 Å². The van der Waals surface area contributed by atoms with Crippen molar-refractivity contribution in [3.8, 4) is 0 Å². The minimum atomic E-state index is 0.0872. The molecule has 0 saturated carbocycles. The van der Waals surface area contributed by atoms with Crippen LogP contribution < -0.4 is 0 Å². The van der Waals surface area contributed by atoms with Crippen molar-refractivity contribution in [3.63, 3.8) is 0 Å². The third-order valence-electron chi connectivity index (χ3n) is 5.13. The van der Waals surface area contributed by atoms with Gasteiger partial charge in [0.2, 0.25) is 0 Å². The molecule has 1 atom stereocenters. The highest BCUT2D eigenvalue weighted by Gasteiger charge is 2.25. The molecule has 0 radical (unpaired) electrons. The van der Waals surface area contributed by atoms with Crippen molar-refractivity contribution >= 4 is 16.8 Å². The lowest BCUT2D eigenvalue weighted by molar-refractivity contribution is 0.0513. The standard InChI is InChI=1S/C20H29N3O2/c1-14-15(2)21-19-17(14)8-5-9-18(19)20(24)23(11-10-22(3)4)13-16-7-6-12-25-16/h5,8-9,16,21H,6-7,10-13H2,1-4H3/t16-/m0/s1. The molecule has 0 aliphatic carbocycles. The average molecular weight is 343 g/mol. The third kappa shape index (κ3) is 3.88. The number of amides is 1. The molecule has 1 aromatic heterocycles. The number of nitrogens with one attached hydrogen (secondary N) is 1. The summed E-state index contributed by atoms with van der Waals surface area (Å²) in [6.45, 7) is 7.18. The second-order valence-electron chi connectivity index (χ2n) is 7.29. The van der Waals surface area contributed by atoms with Crippen LogP contribution in [0.4, 0.5) is 0 Å². The number of aryl methyl sites for hydroxylation is 2. The molecular weight excluding hydrogens is 314 g/mol. The number of H-pyrrole nitrogens is 1. The molecule has 136 valence electrons. The van der Waals surface area contributed by atoms with E-state index in [1.807, 2.05) is 31.1 Å². The molecule has 2 heterocycles. The lowest BCUT2D eigenvalue weighted by atomic mass is 10.1. The summed E-state index contributed by atoms with van der Waals surface area (Å²) in [6.07, 6.45) is 2.29. The predicted molar refractivity (Wildman–Crippen MR) is 101 cm³/mol. The van der Waals surface area contributed by atoms with Gasteiger partial charge in [-0.25, -0.2) is 0 Å². The number of hydrogen-bond acceptors (Lipinski definition) is 3. The molecule has 1 N–H and O–H groups in total.